The van der Waals surface area contributed by atoms with Gasteiger partial charge in [0.2, 0.25) is 0 Å². The molecule has 15 heavy (non-hydrogen) atoms. The fourth-order valence-corrected chi connectivity index (χ4v) is 0. The summed E-state index contributed by atoms with van der Waals surface area (Å²) < 4.78 is 91.5. The van der Waals surface area contributed by atoms with Crippen molar-refractivity contribution in [2.75, 3.05) is 0 Å². The average molecular weight is 316 g/mol. The van der Waals surface area contributed by atoms with E-state index >= 15 is 0 Å². The topological polar surface area (TPSA) is 195 Å². The third kappa shape index (κ3) is 14.3. The predicted octanol–water partition coefficient (Wildman–Crippen LogP) is -3.73. The Kier molecular flexibility index (Phi) is 10.3. The zero-order valence-corrected chi connectivity index (χ0v) is 10.5. The maximum atomic E-state index is 9.16. The summed E-state index contributed by atoms with van der Waals surface area (Å²) in [5.74, 6) is 0. The van der Waals surface area contributed by atoms with E-state index in [0.29, 0.717) is 0 Å². The van der Waals surface area contributed by atoms with E-state index in [-0.39, 0.29) is 11.0 Å². The molecule has 0 aromatic rings. The van der Waals surface area contributed by atoms with E-state index in [9.17, 15) is 0 Å². The molecular formula is O10S4Si. The minimum absolute atomic E-state index is 0. The molecule has 0 aromatic carbocycles. The molecular weight excluding hydrogens is 316 g/mol. The van der Waals surface area contributed by atoms with Crippen molar-refractivity contribution in [2.45, 2.75) is 0 Å². The minimum atomic E-state index is -5.07. The van der Waals surface area contributed by atoms with Gasteiger partial charge in [-0.05, 0) is 0 Å². The number of hydrogen-bond donors (Lipinski definition) is 0. The van der Waals surface area contributed by atoms with Crippen LogP contribution in [-0.4, -0.2) is 54.4 Å². The second-order valence-corrected chi connectivity index (χ2v) is 7.76. The minimum Gasteiger partial charge on any atom is -0.761 e. The van der Waals surface area contributed by atoms with Crippen molar-refractivity contribution < 1.29 is 43.5 Å². The molecule has 0 radical (unpaired) electrons. The fourth-order valence-electron chi connectivity index (χ4n) is 0. The standard InChI is InChI=1S/2H2O5S2.Si/c2*1-6(2)7(3,4)5;/h2*(H,1,2)(H,3,4,5);/q;;+4/p-4. The first-order chi connectivity index (χ1) is 5.89. The Balaban J connectivity index is -0.000000180. The maximum Gasteiger partial charge on any atom is 4.00 e. The Morgan fingerprint density at radius 1 is 0.733 bits per heavy atom. The summed E-state index contributed by atoms with van der Waals surface area (Å²) in [5.41, 5.74) is 0. The van der Waals surface area contributed by atoms with Gasteiger partial charge in [-0.3, -0.25) is 8.42 Å². The molecule has 88 valence electrons. The van der Waals surface area contributed by atoms with Gasteiger partial charge in [0.1, 0.15) is 0 Å². The maximum absolute atomic E-state index is 9.16. The number of hydrogen-bond acceptors (Lipinski definition) is 10. The van der Waals surface area contributed by atoms with E-state index in [1.54, 1.807) is 0 Å². The molecule has 0 saturated carbocycles. The Labute approximate surface area is 93.0 Å². The molecule has 0 aromatic heterocycles. The van der Waals surface area contributed by atoms with Crippen molar-refractivity contribution >= 4 is 49.5 Å². The van der Waals surface area contributed by atoms with Gasteiger partial charge < -0.3 is 18.2 Å². The molecule has 0 aliphatic rings. The van der Waals surface area contributed by atoms with Crippen LogP contribution in [-0.2, 0) is 38.5 Å². The van der Waals surface area contributed by atoms with Crippen molar-refractivity contribution in [1.29, 1.82) is 0 Å². The summed E-state index contributed by atoms with van der Waals surface area (Å²) in [5, 5.41) is 0. The van der Waals surface area contributed by atoms with Crippen LogP contribution in [0.15, 0.2) is 0 Å². The monoisotopic (exact) mass is 316 g/mol. The van der Waals surface area contributed by atoms with Gasteiger partial charge in [0.05, 0.1) is 20.2 Å². The van der Waals surface area contributed by atoms with Crippen molar-refractivity contribution in [3.63, 3.8) is 0 Å². The molecule has 0 saturated heterocycles. The van der Waals surface area contributed by atoms with E-state index in [1.807, 2.05) is 0 Å². The van der Waals surface area contributed by atoms with E-state index in [4.69, 9.17) is 43.5 Å². The molecule has 0 heterocycles. The molecule has 0 rings (SSSR count). The zero-order chi connectivity index (χ0) is 12.2. The third-order valence-electron chi connectivity index (χ3n) is 0.333. The van der Waals surface area contributed by atoms with Crippen LogP contribution in [0.1, 0.15) is 0 Å². The van der Waals surface area contributed by atoms with Gasteiger partial charge in [0, 0.05) is 0 Å². The normalized spacial score (nSPS) is 15.2. The first kappa shape index (κ1) is 20.6. The van der Waals surface area contributed by atoms with E-state index < -0.39 is 38.5 Å². The second-order valence-electron chi connectivity index (χ2n) is 1.22. The van der Waals surface area contributed by atoms with Crippen molar-refractivity contribution in [3.8, 4) is 0 Å². The van der Waals surface area contributed by atoms with E-state index in [2.05, 4.69) is 0 Å². The SMILES string of the molecule is O=S([O-])S(=O)(=O)[O-].O=S([O-])S(=O)(=O)[O-].[Si+4]. The van der Waals surface area contributed by atoms with Gasteiger partial charge in [-0.2, -0.15) is 0 Å². The third-order valence-corrected chi connectivity index (χ3v) is 3.00. The van der Waals surface area contributed by atoms with Gasteiger partial charge in [-0.15, -0.1) is 0 Å². The Bertz CT molecular complexity index is 368. The van der Waals surface area contributed by atoms with Crippen LogP contribution in [0.3, 0.4) is 0 Å². The predicted molar refractivity (Wildman–Crippen MR) is 43.0 cm³/mol. The summed E-state index contributed by atoms with van der Waals surface area (Å²) in [6, 6.07) is 0. The summed E-state index contributed by atoms with van der Waals surface area (Å²) >= 11 is 0. The Hall–Kier alpha value is 0.257. The van der Waals surface area contributed by atoms with Crippen LogP contribution in [0.25, 0.3) is 0 Å². The van der Waals surface area contributed by atoms with Crippen LogP contribution in [0.2, 0.25) is 0 Å². The van der Waals surface area contributed by atoms with Gasteiger partial charge in [-0.25, -0.2) is 16.8 Å². The zero-order valence-electron chi connectivity index (χ0n) is 6.22. The Morgan fingerprint density at radius 3 is 0.800 bits per heavy atom. The van der Waals surface area contributed by atoms with Crippen LogP contribution in [0.5, 0.6) is 0 Å². The first-order valence-corrected chi connectivity index (χ1v) is 8.00. The molecule has 0 amide bonds. The molecule has 0 fully saturated rings. The van der Waals surface area contributed by atoms with Crippen LogP contribution < -0.4 is 0 Å². The molecule has 0 bridgehead atoms. The van der Waals surface area contributed by atoms with E-state index in [0.717, 1.165) is 0 Å². The summed E-state index contributed by atoms with van der Waals surface area (Å²) in [7, 11) is -17.2. The average Bonchev–Trinajstić information content (AvgIpc) is 1.83. The quantitative estimate of drug-likeness (QED) is 0.211. The number of rotatable bonds is 2. The fraction of sp³-hybridized carbons (Fsp3) is 0. The summed E-state index contributed by atoms with van der Waals surface area (Å²) in [6.07, 6.45) is 0. The van der Waals surface area contributed by atoms with Gasteiger partial charge in [0.25, 0.3) is 0 Å². The summed E-state index contributed by atoms with van der Waals surface area (Å²) in [4.78, 5) is 0. The van der Waals surface area contributed by atoms with Crippen LogP contribution >= 0.6 is 0 Å². The smallest absolute Gasteiger partial charge is 0.761 e. The Morgan fingerprint density at radius 2 is 0.800 bits per heavy atom. The largest absolute Gasteiger partial charge is 4.00 e. The molecule has 0 N–H and O–H groups in total. The molecule has 15 heteroatoms. The van der Waals surface area contributed by atoms with Gasteiger partial charge >= 0.3 is 11.0 Å². The molecule has 10 nitrogen and oxygen atoms in total. The molecule has 0 aliphatic carbocycles. The molecule has 2 atom stereocenters. The van der Waals surface area contributed by atoms with Crippen LogP contribution in [0.4, 0.5) is 0 Å². The van der Waals surface area contributed by atoms with E-state index in [1.165, 1.54) is 0 Å². The van der Waals surface area contributed by atoms with Crippen LogP contribution in [0, 0.1) is 0 Å². The second kappa shape index (κ2) is 7.52. The summed E-state index contributed by atoms with van der Waals surface area (Å²) in [6.45, 7) is 0. The van der Waals surface area contributed by atoms with Gasteiger partial charge in [0.15, 0.2) is 18.3 Å². The molecule has 0 aliphatic heterocycles. The molecule has 0 spiro atoms. The molecule has 2 unspecified atom stereocenters. The van der Waals surface area contributed by atoms with Crippen molar-refractivity contribution in [2.24, 2.45) is 0 Å². The first-order valence-electron chi connectivity index (χ1n) is 2.00. The van der Waals surface area contributed by atoms with Crippen molar-refractivity contribution in [3.05, 3.63) is 0 Å². The van der Waals surface area contributed by atoms with Crippen molar-refractivity contribution in [1.82, 2.24) is 0 Å². The van der Waals surface area contributed by atoms with Gasteiger partial charge in [-0.1, -0.05) is 0 Å².